The minimum atomic E-state index is -1.33. The van der Waals surface area contributed by atoms with Gasteiger partial charge in [0.2, 0.25) is 0 Å². The van der Waals surface area contributed by atoms with Crippen LogP contribution in [0, 0.1) is 0 Å². The van der Waals surface area contributed by atoms with Crippen LogP contribution in [0.1, 0.15) is 5.56 Å². The first-order chi connectivity index (χ1) is 9.22. The Morgan fingerprint density at radius 1 is 1.32 bits per heavy atom. The topological polar surface area (TPSA) is 82.0 Å². The molecule has 5 nitrogen and oxygen atoms in total. The van der Waals surface area contributed by atoms with Crippen LogP contribution in [0.15, 0.2) is 52.4 Å². The van der Waals surface area contributed by atoms with Crippen LogP contribution in [-0.2, 0) is 16.6 Å². The number of pyridine rings is 1. The van der Waals surface area contributed by atoms with E-state index in [4.69, 9.17) is 10.2 Å². The number of anilines is 1. The molecule has 0 radical (unpaired) electrons. The summed E-state index contributed by atoms with van der Waals surface area (Å²) in [5.41, 5.74) is 8.34. The SMILES string of the molecule is Nc1ccc2nc(S(=O)Cc3cccnc3)oc2c1. The summed E-state index contributed by atoms with van der Waals surface area (Å²) >= 11 is 0. The van der Waals surface area contributed by atoms with Gasteiger partial charge in [-0.1, -0.05) is 6.07 Å². The van der Waals surface area contributed by atoms with Gasteiger partial charge in [0.15, 0.2) is 5.58 Å². The predicted octanol–water partition coefficient (Wildman–Crippen LogP) is 2.11. The monoisotopic (exact) mass is 273 g/mol. The lowest BCUT2D eigenvalue weighted by Gasteiger charge is -1.96. The van der Waals surface area contributed by atoms with Crippen molar-refractivity contribution in [1.82, 2.24) is 9.97 Å². The summed E-state index contributed by atoms with van der Waals surface area (Å²) in [7, 11) is -1.33. The van der Waals surface area contributed by atoms with E-state index in [0.29, 0.717) is 22.5 Å². The molecule has 2 N–H and O–H groups in total. The van der Waals surface area contributed by atoms with Crippen LogP contribution < -0.4 is 5.73 Å². The van der Waals surface area contributed by atoms with E-state index in [2.05, 4.69) is 9.97 Å². The third-order valence-electron chi connectivity index (χ3n) is 2.61. The fraction of sp³-hybridized carbons (Fsp3) is 0.0769. The molecule has 19 heavy (non-hydrogen) atoms. The Bertz CT molecular complexity index is 740. The normalized spacial score (nSPS) is 12.6. The van der Waals surface area contributed by atoms with Crippen molar-refractivity contribution in [2.45, 2.75) is 11.0 Å². The van der Waals surface area contributed by atoms with Crippen LogP contribution in [0.2, 0.25) is 0 Å². The number of nitrogen functional groups attached to an aromatic ring is 1. The molecule has 0 spiro atoms. The lowest BCUT2D eigenvalue weighted by atomic mass is 10.3. The van der Waals surface area contributed by atoms with Crippen molar-refractivity contribution in [3.63, 3.8) is 0 Å². The first kappa shape index (κ1) is 11.9. The molecule has 0 saturated heterocycles. The summed E-state index contributed by atoms with van der Waals surface area (Å²) in [5, 5.41) is 0.212. The highest BCUT2D eigenvalue weighted by molar-refractivity contribution is 7.84. The van der Waals surface area contributed by atoms with E-state index in [1.54, 1.807) is 36.7 Å². The molecule has 0 aliphatic carbocycles. The van der Waals surface area contributed by atoms with Gasteiger partial charge < -0.3 is 10.2 Å². The zero-order chi connectivity index (χ0) is 13.2. The average molecular weight is 273 g/mol. The van der Waals surface area contributed by atoms with Crippen LogP contribution >= 0.6 is 0 Å². The molecule has 96 valence electrons. The highest BCUT2D eigenvalue weighted by Crippen LogP contribution is 2.21. The third kappa shape index (κ3) is 2.48. The summed E-state index contributed by atoms with van der Waals surface area (Å²) in [5.74, 6) is 0.330. The van der Waals surface area contributed by atoms with Gasteiger partial charge in [0.1, 0.15) is 16.3 Å². The third-order valence-corrected chi connectivity index (χ3v) is 3.77. The maximum absolute atomic E-state index is 12.2. The van der Waals surface area contributed by atoms with Gasteiger partial charge in [-0.2, -0.15) is 0 Å². The highest BCUT2D eigenvalue weighted by atomic mass is 32.2. The Hall–Kier alpha value is -2.21. The Kier molecular flexibility index (Phi) is 3.00. The predicted molar refractivity (Wildman–Crippen MR) is 72.8 cm³/mol. The first-order valence-electron chi connectivity index (χ1n) is 5.66. The number of rotatable bonds is 3. The average Bonchev–Trinajstić information content (AvgIpc) is 2.83. The molecule has 2 aromatic heterocycles. The number of benzene rings is 1. The summed E-state index contributed by atoms with van der Waals surface area (Å²) < 4.78 is 17.6. The van der Waals surface area contributed by atoms with Gasteiger partial charge in [0.05, 0.1) is 5.75 Å². The summed E-state index contributed by atoms with van der Waals surface area (Å²) in [6, 6.07) is 8.83. The number of nitrogens with two attached hydrogens (primary N) is 1. The highest BCUT2D eigenvalue weighted by Gasteiger charge is 2.13. The molecule has 0 amide bonds. The number of aromatic nitrogens is 2. The number of hydrogen-bond acceptors (Lipinski definition) is 5. The molecule has 1 aromatic carbocycles. The molecule has 0 aliphatic rings. The van der Waals surface area contributed by atoms with E-state index < -0.39 is 10.8 Å². The van der Waals surface area contributed by atoms with Gasteiger partial charge >= 0.3 is 0 Å². The Balaban J connectivity index is 1.89. The second kappa shape index (κ2) is 4.81. The minimum Gasteiger partial charge on any atom is -0.430 e. The molecule has 3 aromatic rings. The number of hydrogen-bond donors (Lipinski definition) is 1. The fourth-order valence-corrected chi connectivity index (χ4v) is 2.69. The Morgan fingerprint density at radius 3 is 3.00 bits per heavy atom. The van der Waals surface area contributed by atoms with E-state index in [1.807, 2.05) is 6.07 Å². The quantitative estimate of drug-likeness (QED) is 0.739. The van der Waals surface area contributed by atoms with Crippen molar-refractivity contribution < 1.29 is 8.63 Å². The van der Waals surface area contributed by atoms with Gasteiger partial charge in [-0.15, -0.1) is 0 Å². The van der Waals surface area contributed by atoms with Crippen molar-refractivity contribution in [1.29, 1.82) is 0 Å². The zero-order valence-electron chi connectivity index (χ0n) is 9.95. The van der Waals surface area contributed by atoms with Crippen molar-refractivity contribution in [2.75, 3.05) is 5.73 Å². The Morgan fingerprint density at radius 2 is 2.21 bits per heavy atom. The lowest BCUT2D eigenvalue weighted by Crippen LogP contribution is -1.96. The maximum Gasteiger partial charge on any atom is 0.288 e. The first-order valence-corrected chi connectivity index (χ1v) is 6.97. The molecule has 1 unspecified atom stereocenters. The van der Waals surface area contributed by atoms with E-state index in [-0.39, 0.29) is 5.22 Å². The number of oxazole rings is 1. The second-order valence-electron chi connectivity index (χ2n) is 4.06. The van der Waals surface area contributed by atoms with Crippen molar-refractivity contribution in [3.05, 3.63) is 48.3 Å². The van der Waals surface area contributed by atoms with Crippen molar-refractivity contribution >= 4 is 27.6 Å². The van der Waals surface area contributed by atoms with E-state index in [1.165, 1.54) is 0 Å². The molecular formula is C13H11N3O2S. The van der Waals surface area contributed by atoms with Crippen molar-refractivity contribution in [2.24, 2.45) is 0 Å². The summed E-state index contributed by atoms with van der Waals surface area (Å²) in [6.07, 6.45) is 3.35. The molecule has 0 bridgehead atoms. The van der Waals surface area contributed by atoms with Gasteiger partial charge in [-0.05, 0) is 23.8 Å². The van der Waals surface area contributed by atoms with Gasteiger partial charge in [0, 0.05) is 24.1 Å². The minimum absolute atomic E-state index is 0.212. The van der Waals surface area contributed by atoms with Crippen LogP contribution in [-0.4, -0.2) is 14.2 Å². The molecule has 2 heterocycles. The van der Waals surface area contributed by atoms with Crippen molar-refractivity contribution in [3.8, 4) is 0 Å². The molecule has 3 rings (SSSR count). The van der Waals surface area contributed by atoms with Crippen LogP contribution in [0.3, 0.4) is 0 Å². The number of fused-ring (bicyclic) bond motifs is 1. The molecular weight excluding hydrogens is 262 g/mol. The lowest BCUT2D eigenvalue weighted by molar-refractivity contribution is 0.477. The molecule has 0 aliphatic heterocycles. The van der Waals surface area contributed by atoms with E-state index in [9.17, 15) is 4.21 Å². The molecule has 6 heteroatoms. The smallest absolute Gasteiger partial charge is 0.288 e. The van der Waals surface area contributed by atoms with E-state index >= 15 is 0 Å². The van der Waals surface area contributed by atoms with Crippen LogP contribution in [0.5, 0.6) is 0 Å². The van der Waals surface area contributed by atoms with E-state index in [0.717, 1.165) is 5.56 Å². The van der Waals surface area contributed by atoms with Gasteiger partial charge in [-0.3, -0.25) is 4.98 Å². The molecule has 0 saturated carbocycles. The summed E-state index contributed by atoms with van der Waals surface area (Å²) in [4.78, 5) is 8.19. The number of nitrogens with zero attached hydrogens (tertiary/aromatic N) is 2. The largest absolute Gasteiger partial charge is 0.430 e. The molecule has 1 atom stereocenters. The zero-order valence-corrected chi connectivity index (χ0v) is 10.8. The molecule has 0 fully saturated rings. The van der Waals surface area contributed by atoms with Crippen LogP contribution in [0.25, 0.3) is 11.1 Å². The second-order valence-corrected chi connectivity index (χ2v) is 5.39. The van der Waals surface area contributed by atoms with Gasteiger partial charge in [0.25, 0.3) is 5.22 Å². The maximum atomic E-state index is 12.2. The standard InChI is InChI=1S/C13H11N3O2S/c14-10-3-4-11-12(6-10)18-13(16-11)19(17)8-9-2-1-5-15-7-9/h1-7H,8,14H2. The van der Waals surface area contributed by atoms with Gasteiger partial charge in [-0.25, -0.2) is 9.19 Å². The van der Waals surface area contributed by atoms with Crippen LogP contribution in [0.4, 0.5) is 5.69 Å². The fourth-order valence-electron chi connectivity index (χ4n) is 1.71. The summed E-state index contributed by atoms with van der Waals surface area (Å²) in [6.45, 7) is 0. The Labute approximate surface area is 111 Å².